The van der Waals surface area contributed by atoms with Gasteiger partial charge in [0.25, 0.3) is 0 Å². The smallest absolute Gasteiger partial charge is 0.123 e. The highest BCUT2D eigenvalue weighted by Gasteiger charge is 2.40. The summed E-state index contributed by atoms with van der Waals surface area (Å²) in [5, 5.41) is 12.7. The summed E-state index contributed by atoms with van der Waals surface area (Å²) in [4.78, 5) is 8.06. The fourth-order valence-electron chi connectivity index (χ4n) is 5.60. The Morgan fingerprint density at radius 1 is 0.857 bits per heavy atom. The molecule has 3 atom stereocenters. The number of aliphatic hydroxyl groups excluding tert-OH is 1. The molecule has 0 aliphatic heterocycles. The van der Waals surface area contributed by atoms with E-state index < -0.39 is 6.10 Å². The van der Waals surface area contributed by atoms with Crippen molar-refractivity contribution in [1.82, 2.24) is 14.8 Å². The van der Waals surface area contributed by atoms with E-state index >= 15 is 0 Å². The van der Waals surface area contributed by atoms with Crippen molar-refractivity contribution < 1.29 is 9.50 Å². The first-order valence-corrected chi connectivity index (χ1v) is 12.5. The van der Waals surface area contributed by atoms with Crippen LogP contribution < -0.4 is 0 Å². The summed E-state index contributed by atoms with van der Waals surface area (Å²) in [6.07, 6.45) is 4.45. The molecule has 1 aliphatic carbocycles. The number of aromatic nitrogens is 1. The molecule has 2 N–H and O–H groups in total. The highest BCUT2D eigenvalue weighted by atomic mass is 19.1. The van der Waals surface area contributed by atoms with Gasteiger partial charge in [-0.05, 0) is 61.2 Å². The zero-order valence-electron chi connectivity index (χ0n) is 20.3. The quantitative estimate of drug-likeness (QED) is 0.345. The highest BCUT2D eigenvalue weighted by Crippen LogP contribution is 2.31. The second-order valence-corrected chi connectivity index (χ2v) is 9.81. The molecule has 0 unspecified atom stereocenters. The molecule has 35 heavy (non-hydrogen) atoms. The van der Waals surface area contributed by atoms with E-state index in [1.165, 1.54) is 28.6 Å². The van der Waals surface area contributed by atoms with Crippen LogP contribution in [0, 0.1) is 5.82 Å². The Morgan fingerprint density at radius 2 is 1.54 bits per heavy atom. The number of hydrogen-bond donors (Lipinski definition) is 2. The molecule has 3 aromatic carbocycles. The predicted octanol–water partition coefficient (Wildman–Crippen LogP) is 5.38. The van der Waals surface area contributed by atoms with E-state index in [9.17, 15) is 9.50 Å². The number of nitrogens with one attached hydrogen (secondary N) is 1. The number of para-hydroxylation sites is 1. The number of hydrogen-bond acceptors (Lipinski definition) is 3. The maximum absolute atomic E-state index is 13.5. The highest BCUT2D eigenvalue weighted by molar-refractivity contribution is 5.83. The summed E-state index contributed by atoms with van der Waals surface area (Å²) in [6.45, 7) is 2.35. The Kier molecular flexibility index (Phi) is 7.28. The van der Waals surface area contributed by atoms with Gasteiger partial charge in [0, 0.05) is 48.8 Å². The van der Waals surface area contributed by atoms with Gasteiger partial charge in [-0.3, -0.25) is 9.80 Å². The molecule has 5 rings (SSSR count). The molecule has 0 radical (unpaired) electrons. The van der Waals surface area contributed by atoms with E-state index in [0.717, 1.165) is 43.4 Å². The monoisotopic (exact) mass is 471 g/mol. The van der Waals surface area contributed by atoms with Crippen molar-refractivity contribution >= 4 is 10.9 Å². The summed E-state index contributed by atoms with van der Waals surface area (Å²) in [6, 6.07) is 25.7. The van der Waals surface area contributed by atoms with Crippen LogP contribution in [0.15, 0.2) is 85.1 Å². The van der Waals surface area contributed by atoms with Crippen molar-refractivity contribution in [3.05, 3.63) is 108 Å². The normalized spacial score (nSPS) is 20.3. The summed E-state index contributed by atoms with van der Waals surface area (Å²) < 4.78 is 13.5. The average Bonchev–Trinajstić information content (AvgIpc) is 3.47. The van der Waals surface area contributed by atoms with Gasteiger partial charge in [-0.1, -0.05) is 60.7 Å². The van der Waals surface area contributed by atoms with Gasteiger partial charge in [-0.2, -0.15) is 0 Å². The molecule has 4 nitrogen and oxygen atoms in total. The molecule has 1 aromatic heterocycles. The van der Waals surface area contributed by atoms with Crippen molar-refractivity contribution in [2.24, 2.45) is 0 Å². The number of benzene rings is 3. The van der Waals surface area contributed by atoms with Crippen LogP contribution in [0.1, 0.15) is 29.5 Å². The van der Waals surface area contributed by atoms with Gasteiger partial charge in [0.1, 0.15) is 5.82 Å². The fraction of sp³-hybridized carbons (Fsp3) is 0.333. The van der Waals surface area contributed by atoms with Crippen molar-refractivity contribution in [1.29, 1.82) is 0 Å². The third-order valence-corrected chi connectivity index (χ3v) is 7.50. The number of likely N-dealkylation sites (N-methyl/N-ethyl adjacent to an activating group) is 1. The van der Waals surface area contributed by atoms with Crippen LogP contribution >= 0.6 is 0 Å². The Bertz CT molecular complexity index is 1220. The number of H-pyrrole nitrogens is 1. The minimum atomic E-state index is -0.438. The largest absolute Gasteiger partial charge is 0.390 e. The van der Waals surface area contributed by atoms with E-state index in [0.29, 0.717) is 6.54 Å². The second kappa shape index (κ2) is 10.7. The van der Waals surface area contributed by atoms with Gasteiger partial charge in [-0.25, -0.2) is 4.39 Å². The molecule has 182 valence electrons. The number of nitrogens with zero attached hydrogens (tertiary/aromatic N) is 2. The van der Waals surface area contributed by atoms with Crippen molar-refractivity contribution in [3.63, 3.8) is 0 Å². The first kappa shape index (κ1) is 23.7. The van der Waals surface area contributed by atoms with E-state index in [1.807, 2.05) is 24.3 Å². The van der Waals surface area contributed by atoms with Crippen LogP contribution in [-0.2, 0) is 19.5 Å². The summed E-state index contributed by atoms with van der Waals surface area (Å²) in [7, 11) is 2.11. The molecular weight excluding hydrogens is 437 g/mol. The predicted molar refractivity (Wildman–Crippen MR) is 140 cm³/mol. The lowest BCUT2D eigenvalue weighted by Crippen LogP contribution is -2.47. The third kappa shape index (κ3) is 5.48. The van der Waals surface area contributed by atoms with Crippen LogP contribution in [0.5, 0.6) is 0 Å². The minimum absolute atomic E-state index is 0.0634. The molecule has 0 bridgehead atoms. The molecule has 0 amide bonds. The summed E-state index contributed by atoms with van der Waals surface area (Å²) in [5.41, 5.74) is 4.76. The Morgan fingerprint density at radius 3 is 2.34 bits per heavy atom. The minimum Gasteiger partial charge on any atom is -0.390 e. The van der Waals surface area contributed by atoms with Crippen molar-refractivity contribution in [2.45, 2.75) is 50.5 Å². The van der Waals surface area contributed by atoms with Gasteiger partial charge in [-0.15, -0.1) is 0 Å². The van der Waals surface area contributed by atoms with E-state index in [2.05, 4.69) is 70.5 Å². The van der Waals surface area contributed by atoms with Gasteiger partial charge < -0.3 is 10.1 Å². The van der Waals surface area contributed by atoms with Crippen molar-refractivity contribution in [2.75, 3.05) is 13.6 Å². The molecule has 1 aliphatic rings. The van der Waals surface area contributed by atoms with E-state index in [-0.39, 0.29) is 17.9 Å². The number of aliphatic hydroxyl groups is 1. The van der Waals surface area contributed by atoms with Crippen LogP contribution in [0.25, 0.3) is 10.9 Å². The van der Waals surface area contributed by atoms with Gasteiger partial charge >= 0.3 is 0 Å². The number of aromatic amines is 1. The standard InChI is InChI=1S/C30H34FN3O/c1-33(20-22-7-3-2-4-8-22)28-15-16-29(30(28)35)34(21-23-11-13-25(31)14-12-23)18-17-24-19-32-27-10-6-5-9-26(24)27/h2-14,19,28-30,32,35H,15-18,20-21H2,1H3/t28-,29-,30-/m0/s1. The van der Waals surface area contributed by atoms with Gasteiger partial charge in [0.2, 0.25) is 0 Å². The fourth-order valence-corrected chi connectivity index (χ4v) is 5.60. The average molecular weight is 472 g/mol. The van der Waals surface area contributed by atoms with Crippen LogP contribution in [-0.4, -0.2) is 51.7 Å². The lowest BCUT2D eigenvalue weighted by Gasteiger charge is -2.34. The molecular formula is C30H34FN3O. The molecule has 4 aromatic rings. The molecule has 0 spiro atoms. The molecule has 5 heteroatoms. The van der Waals surface area contributed by atoms with E-state index in [4.69, 9.17) is 0 Å². The zero-order chi connectivity index (χ0) is 24.2. The van der Waals surface area contributed by atoms with Crippen molar-refractivity contribution in [3.8, 4) is 0 Å². The van der Waals surface area contributed by atoms with Crippen LogP contribution in [0.2, 0.25) is 0 Å². The third-order valence-electron chi connectivity index (χ3n) is 7.50. The molecule has 1 fully saturated rings. The molecule has 0 saturated heterocycles. The Hall–Kier alpha value is -2.99. The van der Waals surface area contributed by atoms with Gasteiger partial charge in [0.05, 0.1) is 6.10 Å². The van der Waals surface area contributed by atoms with E-state index in [1.54, 1.807) is 0 Å². The lowest BCUT2D eigenvalue weighted by atomic mass is 10.1. The SMILES string of the molecule is CN(Cc1ccccc1)[C@H]1CC[C@H](N(CCc2c[nH]c3ccccc23)Cc2ccc(F)cc2)[C@H]1O. The topological polar surface area (TPSA) is 42.5 Å². The van der Waals surface area contributed by atoms with Crippen LogP contribution in [0.4, 0.5) is 4.39 Å². The summed E-state index contributed by atoms with van der Waals surface area (Å²) in [5.74, 6) is -0.220. The first-order chi connectivity index (χ1) is 17.1. The van der Waals surface area contributed by atoms with Crippen LogP contribution in [0.3, 0.4) is 0 Å². The lowest BCUT2D eigenvalue weighted by molar-refractivity contribution is 0.0216. The zero-order valence-corrected chi connectivity index (χ0v) is 20.3. The Labute approximate surface area is 207 Å². The molecule has 1 heterocycles. The number of rotatable bonds is 9. The maximum atomic E-state index is 13.5. The second-order valence-electron chi connectivity index (χ2n) is 9.81. The number of halogens is 1. The Balaban J connectivity index is 1.32. The summed E-state index contributed by atoms with van der Waals surface area (Å²) >= 11 is 0. The molecule has 1 saturated carbocycles. The van der Waals surface area contributed by atoms with Gasteiger partial charge in [0.15, 0.2) is 0 Å². The first-order valence-electron chi connectivity index (χ1n) is 12.5. The number of fused-ring (bicyclic) bond motifs is 1. The maximum Gasteiger partial charge on any atom is 0.123 e.